The maximum absolute atomic E-state index is 9.39. The Bertz CT molecular complexity index is 749. The predicted octanol–water partition coefficient (Wildman–Crippen LogP) is 2.57. The lowest BCUT2D eigenvalue weighted by atomic mass is 10.1. The second kappa shape index (κ2) is 6.17. The SMILES string of the molecule is Cc1cc(-c2nc3ccccc3o2)ccc1NCC(O)CO. The number of anilines is 1. The van der Waals surface area contributed by atoms with Crippen molar-refractivity contribution in [3.05, 3.63) is 48.0 Å². The normalized spacial score (nSPS) is 12.5. The lowest BCUT2D eigenvalue weighted by molar-refractivity contribution is 0.105. The molecule has 0 aliphatic heterocycles. The molecule has 1 unspecified atom stereocenters. The van der Waals surface area contributed by atoms with E-state index in [1.54, 1.807) is 0 Å². The summed E-state index contributed by atoms with van der Waals surface area (Å²) in [6.07, 6.45) is -0.767. The van der Waals surface area contributed by atoms with Crippen molar-refractivity contribution in [3.63, 3.8) is 0 Å². The molecule has 0 saturated carbocycles. The number of para-hydroxylation sites is 2. The van der Waals surface area contributed by atoms with Gasteiger partial charge in [0.25, 0.3) is 0 Å². The van der Waals surface area contributed by atoms with Gasteiger partial charge in [-0.2, -0.15) is 0 Å². The Hall–Kier alpha value is -2.37. The number of fused-ring (bicyclic) bond motifs is 1. The van der Waals surface area contributed by atoms with Crippen LogP contribution in [-0.4, -0.2) is 34.5 Å². The Balaban J connectivity index is 1.84. The number of hydrogen-bond donors (Lipinski definition) is 3. The van der Waals surface area contributed by atoms with Crippen LogP contribution in [-0.2, 0) is 0 Å². The summed E-state index contributed by atoms with van der Waals surface area (Å²) in [5.74, 6) is 0.589. The number of oxazole rings is 1. The van der Waals surface area contributed by atoms with E-state index in [1.807, 2.05) is 49.4 Å². The largest absolute Gasteiger partial charge is 0.436 e. The van der Waals surface area contributed by atoms with Gasteiger partial charge < -0.3 is 19.9 Å². The lowest BCUT2D eigenvalue weighted by Crippen LogP contribution is -2.23. The van der Waals surface area contributed by atoms with E-state index in [2.05, 4.69) is 10.3 Å². The molecule has 0 amide bonds. The summed E-state index contributed by atoms with van der Waals surface area (Å²) in [5.41, 5.74) is 4.44. The fourth-order valence-corrected chi connectivity index (χ4v) is 2.28. The summed E-state index contributed by atoms with van der Waals surface area (Å²) in [6, 6.07) is 13.5. The molecule has 3 N–H and O–H groups in total. The van der Waals surface area contributed by atoms with E-state index in [-0.39, 0.29) is 6.61 Å². The standard InChI is InChI=1S/C17H18N2O3/c1-11-8-12(6-7-14(11)18-9-13(21)10-20)17-19-15-4-2-3-5-16(15)22-17/h2-8,13,18,20-21H,9-10H2,1H3. The molecule has 0 spiro atoms. The van der Waals surface area contributed by atoms with Gasteiger partial charge >= 0.3 is 0 Å². The van der Waals surface area contributed by atoms with E-state index >= 15 is 0 Å². The number of hydrogen-bond acceptors (Lipinski definition) is 5. The molecule has 0 radical (unpaired) electrons. The average Bonchev–Trinajstić information content (AvgIpc) is 2.97. The fourth-order valence-electron chi connectivity index (χ4n) is 2.28. The maximum Gasteiger partial charge on any atom is 0.227 e. The monoisotopic (exact) mass is 298 g/mol. The van der Waals surface area contributed by atoms with Gasteiger partial charge in [0.05, 0.1) is 12.7 Å². The molecule has 114 valence electrons. The first-order chi connectivity index (χ1) is 10.7. The van der Waals surface area contributed by atoms with Gasteiger partial charge in [0.15, 0.2) is 5.58 Å². The molecule has 22 heavy (non-hydrogen) atoms. The van der Waals surface area contributed by atoms with Crippen LogP contribution in [0, 0.1) is 6.92 Å². The van der Waals surface area contributed by atoms with Crippen LogP contribution in [0.2, 0.25) is 0 Å². The predicted molar refractivity (Wildman–Crippen MR) is 85.8 cm³/mol. The Morgan fingerprint density at radius 1 is 1.23 bits per heavy atom. The highest BCUT2D eigenvalue weighted by Gasteiger charge is 2.10. The first-order valence-corrected chi connectivity index (χ1v) is 7.17. The van der Waals surface area contributed by atoms with Crippen molar-refractivity contribution in [1.29, 1.82) is 0 Å². The van der Waals surface area contributed by atoms with Crippen LogP contribution in [0.3, 0.4) is 0 Å². The molecule has 3 aromatic rings. The fraction of sp³-hybridized carbons (Fsp3) is 0.235. The van der Waals surface area contributed by atoms with Gasteiger partial charge in [-0.3, -0.25) is 0 Å². The van der Waals surface area contributed by atoms with Crippen LogP contribution in [0.15, 0.2) is 46.9 Å². The molecular weight excluding hydrogens is 280 g/mol. The Morgan fingerprint density at radius 2 is 2.05 bits per heavy atom. The third kappa shape index (κ3) is 2.95. The number of aliphatic hydroxyl groups is 2. The third-order valence-electron chi connectivity index (χ3n) is 3.51. The van der Waals surface area contributed by atoms with E-state index in [0.717, 1.165) is 27.9 Å². The summed E-state index contributed by atoms with van der Waals surface area (Å²) < 4.78 is 5.76. The van der Waals surface area contributed by atoms with Crippen molar-refractivity contribution in [2.45, 2.75) is 13.0 Å². The maximum atomic E-state index is 9.39. The molecule has 5 heteroatoms. The van der Waals surface area contributed by atoms with Gasteiger partial charge in [-0.25, -0.2) is 4.98 Å². The number of nitrogens with one attached hydrogen (secondary N) is 1. The lowest BCUT2D eigenvalue weighted by Gasteiger charge is -2.12. The summed E-state index contributed by atoms with van der Waals surface area (Å²) in [6.45, 7) is 2.02. The molecule has 0 fully saturated rings. The quantitative estimate of drug-likeness (QED) is 0.674. The molecular formula is C17H18N2O3. The molecule has 0 saturated heterocycles. The molecule has 1 heterocycles. The number of rotatable bonds is 5. The highest BCUT2D eigenvalue weighted by atomic mass is 16.3. The second-order valence-electron chi connectivity index (χ2n) is 5.23. The van der Waals surface area contributed by atoms with E-state index in [0.29, 0.717) is 12.4 Å². The summed E-state index contributed by atoms with van der Waals surface area (Å²) in [4.78, 5) is 4.48. The van der Waals surface area contributed by atoms with Crippen molar-refractivity contribution < 1.29 is 14.6 Å². The van der Waals surface area contributed by atoms with Gasteiger partial charge in [-0.15, -0.1) is 0 Å². The van der Waals surface area contributed by atoms with Crippen LogP contribution in [0.1, 0.15) is 5.56 Å². The van der Waals surface area contributed by atoms with Crippen molar-refractivity contribution in [2.75, 3.05) is 18.5 Å². The van der Waals surface area contributed by atoms with Gasteiger partial charge in [-0.05, 0) is 42.8 Å². The molecule has 0 aliphatic carbocycles. The minimum absolute atomic E-state index is 0.257. The van der Waals surface area contributed by atoms with Crippen molar-refractivity contribution in [2.24, 2.45) is 0 Å². The second-order valence-corrected chi connectivity index (χ2v) is 5.23. The van der Waals surface area contributed by atoms with Gasteiger partial charge in [-0.1, -0.05) is 12.1 Å². The molecule has 0 bridgehead atoms. The van der Waals surface area contributed by atoms with Crippen LogP contribution in [0.25, 0.3) is 22.6 Å². The summed E-state index contributed by atoms with van der Waals surface area (Å²) >= 11 is 0. The van der Waals surface area contributed by atoms with Crippen molar-refractivity contribution in [1.82, 2.24) is 4.98 Å². The number of aryl methyl sites for hydroxylation is 1. The Labute approximate surface area is 128 Å². The van der Waals surface area contributed by atoms with Crippen LogP contribution in [0.4, 0.5) is 5.69 Å². The molecule has 0 aliphatic rings. The zero-order valence-corrected chi connectivity index (χ0v) is 12.3. The molecule has 2 aromatic carbocycles. The third-order valence-corrected chi connectivity index (χ3v) is 3.51. The van der Waals surface area contributed by atoms with E-state index in [4.69, 9.17) is 9.52 Å². The van der Waals surface area contributed by atoms with Crippen molar-refractivity contribution >= 4 is 16.8 Å². The smallest absolute Gasteiger partial charge is 0.227 e. The average molecular weight is 298 g/mol. The van der Waals surface area contributed by atoms with E-state index < -0.39 is 6.10 Å². The Morgan fingerprint density at radius 3 is 2.77 bits per heavy atom. The van der Waals surface area contributed by atoms with E-state index in [1.165, 1.54) is 0 Å². The minimum atomic E-state index is -0.767. The van der Waals surface area contributed by atoms with Gasteiger partial charge in [0, 0.05) is 17.8 Å². The van der Waals surface area contributed by atoms with Crippen LogP contribution in [0.5, 0.6) is 0 Å². The summed E-state index contributed by atoms with van der Waals surface area (Å²) in [5, 5.41) is 21.3. The zero-order valence-electron chi connectivity index (χ0n) is 12.3. The number of aliphatic hydroxyl groups excluding tert-OH is 2. The first-order valence-electron chi connectivity index (χ1n) is 7.17. The zero-order chi connectivity index (χ0) is 15.5. The Kier molecular flexibility index (Phi) is 4.09. The van der Waals surface area contributed by atoms with Crippen LogP contribution < -0.4 is 5.32 Å². The van der Waals surface area contributed by atoms with Gasteiger partial charge in [0.2, 0.25) is 5.89 Å². The number of aromatic nitrogens is 1. The van der Waals surface area contributed by atoms with Crippen molar-refractivity contribution in [3.8, 4) is 11.5 Å². The highest BCUT2D eigenvalue weighted by Crippen LogP contribution is 2.27. The van der Waals surface area contributed by atoms with Gasteiger partial charge in [0.1, 0.15) is 5.52 Å². The number of nitrogens with zero attached hydrogens (tertiary/aromatic N) is 1. The first kappa shape index (κ1) is 14.6. The molecule has 3 rings (SSSR count). The molecule has 1 aromatic heterocycles. The molecule has 5 nitrogen and oxygen atoms in total. The highest BCUT2D eigenvalue weighted by molar-refractivity contribution is 5.76. The van der Waals surface area contributed by atoms with E-state index in [9.17, 15) is 5.11 Å². The number of benzene rings is 2. The minimum Gasteiger partial charge on any atom is -0.436 e. The van der Waals surface area contributed by atoms with Crippen LogP contribution >= 0.6 is 0 Å². The summed E-state index contributed by atoms with van der Waals surface area (Å²) in [7, 11) is 0. The molecule has 1 atom stereocenters. The topological polar surface area (TPSA) is 78.5 Å².